The van der Waals surface area contributed by atoms with Crippen molar-refractivity contribution < 1.29 is 30.3 Å². The number of guanidine groups is 2. The molecule has 1 aliphatic heterocycles. The summed E-state index contributed by atoms with van der Waals surface area (Å²) >= 11 is 1.18. The Bertz CT molecular complexity index is 2580. The molecule has 0 radical (unpaired) electrons. The highest BCUT2D eigenvalue weighted by molar-refractivity contribution is 7.95. The second-order valence-electron chi connectivity index (χ2n) is 29.8. The zero-order valence-corrected chi connectivity index (χ0v) is 51.9. The van der Waals surface area contributed by atoms with Gasteiger partial charge in [0.05, 0.1) is 18.2 Å². The molecule has 424 valence electrons. The predicted octanol–water partition coefficient (Wildman–Crippen LogP) is 13.2. The fourth-order valence-electron chi connectivity index (χ4n) is 10.6. The Hall–Kier alpha value is -4.27. The van der Waals surface area contributed by atoms with Crippen LogP contribution >= 0.6 is 12.1 Å². The van der Waals surface area contributed by atoms with E-state index in [0.29, 0.717) is 38.3 Å². The second kappa shape index (κ2) is 22.1. The Morgan fingerprint density at radius 3 is 1.39 bits per heavy atom. The molecule has 0 fully saturated rings. The maximum absolute atomic E-state index is 11.9. The van der Waals surface area contributed by atoms with Crippen LogP contribution in [0.2, 0.25) is 0 Å². The molecule has 5 rings (SSSR count). The van der Waals surface area contributed by atoms with Crippen LogP contribution in [-0.4, -0.2) is 77.7 Å². The Labute approximate surface area is 463 Å². The molecule has 12 nitrogen and oxygen atoms in total. The van der Waals surface area contributed by atoms with Crippen LogP contribution in [0.4, 0.5) is 0 Å². The molecule has 0 amide bonds. The van der Waals surface area contributed by atoms with Crippen LogP contribution in [0.15, 0.2) is 57.4 Å². The van der Waals surface area contributed by atoms with Crippen molar-refractivity contribution in [3.05, 3.63) is 98.1 Å². The van der Waals surface area contributed by atoms with Crippen LogP contribution < -0.4 is 10.5 Å². The van der Waals surface area contributed by atoms with Crippen LogP contribution in [0.5, 0.6) is 17.2 Å². The van der Waals surface area contributed by atoms with Crippen LogP contribution in [0.3, 0.4) is 0 Å². The lowest BCUT2D eigenvalue weighted by Gasteiger charge is -2.46. The normalized spacial score (nSPS) is 19.0. The molecule has 2 aliphatic rings. The number of aliphatic hydroxyl groups excluding tert-OH is 3. The topological polar surface area (TPSA) is 171 Å². The van der Waals surface area contributed by atoms with Crippen molar-refractivity contribution in [3.8, 4) is 17.2 Å². The molecular formula is C63H100N6O6S. The number of nitrogens with two attached hydrogens (primary N) is 1. The third-order valence-corrected chi connectivity index (χ3v) is 15.9. The van der Waals surface area contributed by atoms with E-state index in [4.69, 9.17) is 19.9 Å². The van der Waals surface area contributed by atoms with E-state index in [1.54, 1.807) is 0 Å². The zero-order valence-electron chi connectivity index (χ0n) is 51.1. The molecule has 3 unspecified atom stereocenters. The minimum absolute atomic E-state index is 0.00199. The van der Waals surface area contributed by atoms with Crippen molar-refractivity contribution in [1.29, 1.82) is 0 Å². The minimum Gasteiger partial charge on any atom is -0.507 e. The summed E-state index contributed by atoms with van der Waals surface area (Å²) in [4.78, 5) is 8.29. The first-order chi connectivity index (χ1) is 34.4. The highest BCUT2D eigenvalue weighted by atomic mass is 32.2. The number of hydrogen-bond acceptors (Lipinski definition) is 9. The molecule has 0 aromatic heterocycles. The number of aliphatic imine (C=N–C) groups is 1. The standard InChI is InChI=1S/C63H100N6O6S/c1-56(2,3)42-24-38(25-43(50(42)72)57(4,5)6)32-67(33-39-30-48(62(19,20)21)53-49(31-39)63(22,23)75-53)54(64)65-55(68(36-70)37-71)66-76-69(34-40-26-44(58(7,8)9)51(73)45(27-40)59(10,11)12)35-41-28-46(60(13,14)15)52(74)47(29-41)61(16,17)18/h24-28,30-31,46-47,52,70-74H,29,32-37H2,1-23H3,(H2,64,65,66). The molecule has 3 atom stereocenters. The number of fused-ring (bicyclic) bond motifs is 1. The van der Waals surface area contributed by atoms with Crippen LogP contribution in [0.1, 0.15) is 216 Å². The summed E-state index contributed by atoms with van der Waals surface area (Å²) in [5.41, 5.74) is 14.4. The maximum atomic E-state index is 11.9. The molecule has 0 saturated heterocycles. The van der Waals surface area contributed by atoms with Gasteiger partial charge in [0.1, 0.15) is 36.3 Å². The van der Waals surface area contributed by atoms with E-state index in [2.05, 4.69) is 206 Å². The fourth-order valence-corrected chi connectivity index (χ4v) is 11.4. The number of aromatic hydroxyl groups is 2. The Morgan fingerprint density at radius 1 is 0.605 bits per heavy atom. The van der Waals surface area contributed by atoms with E-state index < -0.39 is 25.2 Å². The van der Waals surface area contributed by atoms with Crippen molar-refractivity contribution in [2.75, 3.05) is 20.0 Å². The number of aliphatic hydroxyl groups is 3. The second-order valence-corrected chi connectivity index (χ2v) is 30.6. The van der Waals surface area contributed by atoms with E-state index in [0.717, 1.165) is 55.8 Å². The summed E-state index contributed by atoms with van der Waals surface area (Å²) in [7, 11) is 0. The van der Waals surface area contributed by atoms with Gasteiger partial charge in [-0.3, -0.25) is 4.90 Å². The Balaban J connectivity index is 1.73. The molecule has 76 heavy (non-hydrogen) atoms. The lowest BCUT2D eigenvalue weighted by atomic mass is 9.62. The minimum atomic E-state index is -0.589. The monoisotopic (exact) mass is 1070 g/mol. The molecule has 13 heteroatoms. The number of rotatable bonds is 12. The van der Waals surface area contributed by atoms with E-state index in [9.17, 15) is 25.5 Å². The molecule has 3 aromatic carbocycles. The van der Waals surface area contributed by atoms with Gasteiger partial charge < -0.3 is 40.9 Å². The summed E-state index contributed by atoms with van der Waals surface area (Å²) < 4.78 is 13.6. The molecule has 3 aromatic rings. The summed E-state index contributed by atoms with van der Waals surface area (Å²) in [6.45, 7) is 49.5. The van der Waals surface area contributed by atoms with Crippen molar-refractivity contribution >= 4 is 24.1 Å². The average molecular weight is 1070 g/mol. The molecule has 1 aliphatic carbocycles. The summed E-state index contributed by atoms with van der Waals surface area (Å²) in [6.07, 6.45) is 2.43. The lowest BCUT2D eigenvalue weighted by Crippen LogP contribution is -2.45. The van der Waals surface area contributed by atoms with Crippen LogP contribution in [0.25, 0.3) is 0 Å². The number of phenols is 2. The lowest BCUT2D eigenvalue weighted by molar-refractivity contribution is -0.0262. The maximum Gasteiger partial charge on any atom is 0.240 e. The first kappa shape index (κ1) is 62.6. The van der Waals surface area contributed by atoms with Crippen molar-refractivity contribution in [2.24, 2.45) is 37.8 Å². The summed E-state index contributed by atoms with van der Waals surface area (Å²) in [5.74, 6) is 1.54. The van der Waals surface area contributed by atoms with Crippen LogP contribution in [0, 0.1) is 22.7 Å². The quantitative estimate of drug-likeness (QED) is 0.0335. The van der Waals surface area contributed by atoms with Gasteiger partial charge in [-0.25, -0.2) is 4.31 Å². The number of benzene rings is 3. The number of hydrogen-bond donors (Lipinski definition) is 6. The summed E-state index contributed by atoms with van der Waals surface area (Å²) in [6, 6.07) is 12.7. The third kappa shape index (κ3) is 14.7. The van der Waals surface area contributed by atoms with E-state index in [1.165, 1.54) is 22.6 Å². The van der Waals surface area contributed by atoms with Gasteiger partial charge in [0, 0.05) is 43.2 Å². The van der Waals surface area contributed by atoms with Gasteiger partial charge in [0.25, 0.3) is 0 Å². The Kier molecular flexibility index (Phi) is 18.2. The van der Waals surface area contributed by atoms with Crippen molar-refractivity contribution in [3.63, 3.8) is 0 Å². The van der Waals surface area contributed by atoms with E-state index in [1.807, 2.05) is 4.90 Å². The zero-order chi connectivity index (χ0) is 57.9. The molecule has 1 heterocycles. The predicted molar refractivity (Wildman–Crippen MR) is 317 cm³/mol. The third-order valence-electron chi connectivity index (χ3n) is 15.2. The van der Waals surface area contributed by atoms with Gasteiger partial charge in [-0.1, -0.05) is 169 Å². The molecule has 0 spiro atoms. The number of phenolic OH excluding ortho intramolecular Hbond substituents is 2. The van der Waals surface area contributed by atoms with E-state index >= 15 is 0 Å². The van der Waals surface area contributed by atoms with Gasteiger partial charge >= 0.3 is 0 Å². The average Bonchev–Trinajstić information content (AvgIpc) is 3.24. The van der Waals surface area contributed by atoms with Gasteiger partial charge in [-0.2, -0.15) is 9.39 Å². The molecular weight excluding hydrogens is 969 g/mol. The highest BCUT2D eigenvalue weighted by Gasteiger charge is 2.44. The first-order valence-electron chi connectivity index (χ1n) is 27.4. The van der Waals surface area contributed by atoms with Crippen molar-refractivity contribution in [1.82, 2.24) is 14.1 Å². The molecule has 7 N–H and O–H groups in total. The van der Waals surface area contributed by atoms with Crippen LogP contribution in [-0.2, 0) is 52.3 Å². The van der Waals surface area contributed by atoms with Gasteiger partial charge in [-0.05, 0) is 127 Å². The van der Waals surface area contributed by atoms with Crippen molar-refractivity contribution in [2.45, 2.75) is 224 Å². The van der Waals surface area contributed by atoms with E-state index in [-0.39, 0.29) is 67.4 Å². The summed E-state index contributed by atoms with van der Waals surface area (Å²) in [5, 5.41) is 57.2. The Morgan fingerprint density at radius 2 is 1.01 bits per heavy atom. The number of ether oxygens (including phenoxy) is 1. The fraction of sp³-hybridized carbons (Fsp3) is 0.651. The SMILES string of the molecule is CC(C)(C)c1cc(CN(CC2=CC(C(C)(C)C)C(O)C(C(C)(C)C)C2)SN=C(N=C(N)N(Cc2cc(C(C)(C)C)c(O)c(C(C)(C)C)c2)Cc2cc(C(C)(C)C)c3c(c2)C(C)(C)O3)N(CO)CO)cc(C(C)(C)C)c1O. The van der Waals surface area contributed by atoms with Gasteiger partial charge in [0.2, 0.25) is 5.96 Å². The molecule has 0 saturated carbocycles. The van der Waals surface area contributed by atoms with Gasteiger partial charge in [0.15, 0.2) is 5.96 Å². The first-order valence-corrected chi connectivity index (χ1v) is 28.2. The smallest absolute Gasteiger partial charge is 0.240 e. The van der Waals surface area contributed by atoms with Gasteiger partial charge in [-0.15, -0.1) is 0 Å². The number of nitrogens with zero attached hydrogens (tertiary/aromatic N) is 5. The highest BCUT2D eigenvalue weighted by Crippen LogP contribution is 2.51. The molecule has 0 bridgehead atoms. The largest absolute Gasteiger partial charge is 0.507 e.